The minimum Gasteiger partial charge on any atom is -0.478 e. The molecule has 1 heterocycles. The van der Waals surface area contributed by atoms with Gasteiger partial charge in [0.2, 0.25) is 0 Å². The first kappa shape index (κ1) is 27.7. The van der Waals surface area contributed by atoms with Crippen LogP contribution >= 0.6 is 23.4 Å². The van der Waals surface area contributed by atoms with Crippen molar-refractivity contribution in [2.75, 3.05) is 0 Å². The van der Waals surface area contributed by atoms with E-state index in [0.29, 0.717) is 10.1 Å². The predicted molar refractivity (Wildman–Crippen MR) is 155 cm³/mol. The molecule has 0 unspecified atom stereocenters. The zero-order valence-electron chi connectivity index (χ0n) is 20.8. The molecular formula is C30H27ClN2O3S. The molecule has 0 bridgehead atoms. The molecule has 1 saturated heterocycles. The van der Waals surface area contributed by atoms with Crippen LogP contribution in [0.15, 0.2) is 119 Å². The van der Waals surface area contributed by atoms with Crippen LogP contribution in [0.1, 0.15) is 36.7 Å². The molecular weight excluding hydrogens is 504 g/mol. The molecule has 37 heavy (non-hydrogen) atoms. The van der Waals surface area contributed by atoms with Crippen LogP contribution in [0.2, 0.25) is 5.02 Å². The molecule has 7 heteroatoms. The highest BCUT2D eigenvalue weighted by Crippen LogP contribution is 2.34. The topological polar surface area (TPSA) is 70.0 Å². The monoisotopic (exact) mass is 530 g/mol. The molecule has 3 rings (SSSR count). The Balaban J connectivity index is 1.88. The Bertz CT molecular complexity index is 1380. The van der Waals surface area contributed by atoms with Crippen molar-refractivity contribution in [1.29, 1.82) is 0 Å². The summed E-state index contributed by atoms with van der Waals surface area (Å²) >= 11 is 7.29. The van der Waals surface area contributed by atoms with Crippen LogP contribution in [0.3, 0.4) is 0 Å². The van der Waals surface area contributed by atoms with Gasteiger partial charge in [0.05, 0.1) is 21.2 Å². The van der Waals surface area contributed by atoms with Crippen molar-refractivity contribution in [3.05, 3.63) is 130 Å². The molecule has 1 fully saturated rings. The Morgan fingerprint density at radius 2 is 1.76 bits per heavy atom. The van der Waals surface area contributed by atoms with E-state index in [0.717, 1.165) is 22.4 Å². The number of aliphatic imine (C=N–C) groups is 1. The zero-order chi connectivity index (χ0) is 26.8. The number of carbonyl (C=O) groups excluding carboxylic acids is 1. The van der Waals surface area contributed by atoms with Crippen LogP contribution in [0.5, 0.6) is 0 Å². The molecule has 0 atom stereocenters. The van der Waals surface area contributed by atoms with Gasteiger partial charge >= 0.3 is 5.97 Å². The smallest absolute Gasteiger partial charge is 0.337 e. The number of amides is 1. The van der Waals surface area contributed by atoms with Gasteiger partial charge in [-0.15, -0.1) is 0 Å². The molecule has 1 N–H and O–H groups in total. The van der Waals surface area contributed by atoms with Crippen LogP contribution in [0.4, 0.5) is 5.69 Å². The summed E-state index contributed by atoms with van der Waals surface area (Å²) in [6.45, 7) is 5.73. The molecule has 1 amide bonds. The molecule has 0 aromatic heterocycles. The van der Waals surface area contributed by atoms with Crippen molar-refractivity contribution >= 4 is 51.7 Å². The third-order valence-electron chi connectivity index (χ3n) is 5.19. The summed E-state index contributed by atoms with van der Waals surface area (Å²) in [5.41, 5.74) is 3.30. The standard InChI is InChI=1S/C30H27ClN2O3S/c1-4-5-6-7-11-18-33-28(34)27(37-30(33)32-24-12-9-8-10-13-24)19-21(2)14-15-22(3)23-16-17-26(31)25(20-23)29(35)36/h4-20H,1-3H3,(H,35,36)/b5-4-,7-6-,18-11+,21-14+,22-15+,27-19-,32-30-. The number of nitrogens with zero attached hydrogens (tertiary/aromatic N) is 2. The number of halogens is 1. The van der Waals surface area contributed by atoms with Crippen LogP contribution in [0, 0.1) is 0 Å². The highest BCUT2D eigenvalue weighted by molar-refractivity contribution is 8.18. The number of carbonyl (C=O) groups is 2. The average Bonchev–Trinajstić information content (AvgIpc) is 3.16. The van der Waals surface area contributed by atoms with E-state index in [9.17, 15) is 14.7 Å². The largest absolute Gasteiger partial charge is 0.478 e. The van der Waals surface area contributed by atoms with Crippen molar-refractivity contribution in [3.8, 4) is 0 Å². The van der Waals surface area contributed by atoms with Gasteiger partial charge < -0.3 is 5.11 Å². The third-order valence-corrected chi connectivity index (χ3v) is 6.50. The van der Waals surface area contributed by atoms with E-state index in [1.165, 1.54) is 11.8 Å². The number of hydrogen-bond acceptors (Lipinski definition) is 4. The molecule has 5 nitrogen and oxygen atoms in total. The number of aromatic carboxylic acids is 1. The second kappa shape index (κ2) is 13.4. The number of para-hydroxylation sites is 1. The van der Waals surface area contributed by atoms with Gasteiger partial charge in [-0.3, -0.25) is 9.69 Å². The van der Waals surface area contributed by atoms with Gasteiger partial charge in [0.25, 0.3) is 5.91 Å². The van der Waals surface area contributed by atoms with E-state index in [-0.39, 0.29) is 16.5 Å². The molecule has 2 aromatic rings. The summed E-state index contributed by atoms with van der Waals surface area (Å²) in [4.78, 5) is 31.4. The molecule has 0 radical (unpaired) electrons. The van der Waals surface area contributed by atoms with Crippen molar-refractivity contribution in [2.24, 2.45) is 4.99 Å². The minimum absolute atomic E-state index is 0.0571. The SMILES string of the molecule is C\C=C/C=C\C=C\N1C(=O)/C(=C/C(C)=C/C=C(\C)c2ccc(Cl)c(C(=O)O)c2)S/C1=N\c1ccccc1. The van der Waals surface area contributed by atoms with Gasteiger partial charge in [-0.05, 0) is 85.7 Å². The maximum Gasteiger partial charge on any atom is 0.337 e. The maximum absolute atomic E-state index is 13.2. The highest BCUT2D eigenvalue weighted by atomic mass is 35.5. The van der Waals surface area contributed by atoms with E-state index in [4.69, 9.17) is 11.6 Å². The number of rotatable bonds is 8. The van der Waals surface area contributed by atoms with Gasteiger partial charge in [-0.2, -0.15) is 0 Å². The second-order valence-electron chi connectivity index (χ2n) is 8.03. The Hall–Kier alpha value is -3.87. The fourth-order valence-electron chi connectivity index (χ4n) is 3.23. The van der Waals surface area contributed by atoms with Crippen LogP contribution in [0.25, 0.3) is 5.57 Å². The molecule has 0 spiro atoms. The number of benzene rings is 2. The lowest BCUT2D eigenvalue weighted by Crippen LogP contribution is -2.22. The molecule has 188 valence electrons. The summed E-state index contributed by atoms with van der Waals surface area (Å²) < 4.78 is 0. The first-order valence-electron chi connectivity index (χ1n) is 11.5. The predicted octanol–water partition coefficient (Wildman–Crippen LogP) is 8.18. The maximum atomic E-state index is 13.2. The van der Waals surface area contributed by atoms with E-state index >= 15 is 0 Å². The Kier molecular flexibility index (Phi) is 10.1. The first-order valence-corrected chi connectivity index (χ1v) is 12.7. The summed E-state index contributed by atoms with van der Waals surface area (Å²) in [6.07, 6.45) is 16.7. The van der Waals surface area contributed by atoms with Crippen LogP contribution in [-0.2, 0) is 4.79 Å². The number of hydrogen-bond donors (Lipinski definition) is 1. The summed E-state index contributed by atoms with van der Waals surface area (Å²) in [7, 11) is 0. The van der Waals surface area contributed by atoms with E-state index in [1.807, 2.05) is 93.6 Å². The third kappa shape index (κ3) is 7.81. The van der Waals surface area contributed by atoms with Crippen LogP contribution < -0.4 is 0 Å². The van der Waals surface area contributed by atoms with Gasteiger partial charge in [0, 0.05) is 6.20 Å². The summed E-state index contributed by atoms with van der Waals surface area (Å²) in [5, 5.41) is 10.1. The van der Waals surface area contributed by atoms with E-state index in [2.05, 4.69) is 4.99 Å². The lowest BCUT2D eigenvalue weighted by molar-refractivity contribution is -0.120. The van der Waals surface area contributed by atoms with Crippen molar-refractivity contribution in [3.63, 3.8) is 0 Å². The van der Waals surface area contributed by atoms with Crippen molar-refractivity contribution in [1.82, 2.24) is 4.90 Å². The van der Waals surface area contributed by atoms with Crippen LogP contribution in [-0.4, -0.2) is 27.1 Å². The average molecular weight is 531 g/mol. The van der Waals surface area contributed by atoms with E-state index in [1.54, 1.807) is 35.4 Å². The van der Waals surface area contributed by atoms with Crippen molar-refractivity contribution < 1.29 is 14.7 Å². The molecule has 2 aromatic carbocycles. The van der Waals surface area contributed by atoms with Crippen molar-refractivity contribution in [2.45, 2.75) is 20.8 Å². The zero-order valence-corrected chi connectivity index (χ0v) is 22.3. The minimum atomic E-state index is -1.07. The second-order valence-corrected chi connectivity index (χ2v) is 9.44. The quantitative estimate of drug-likeness (QED) is 0.276. The van der Waals surface area contributed by atoms with Gasteiger partial charge in [-0.25, -0.2) is 9.79 Å². The van der Waals surface area contributed by atoms with Gasteiger partial charge in [0.15, 0.2) is 5.17 Å². The fourth-order valence-corrected chi connectivity index (χ4v) is 4.44. The summed E-state index contributed by atoms with van der Waals surface area (Å²) in [6, 6.07) is 14.4. The lowest BCUT2D eigenvalue weighted by Gasteiger charge is -2.09. The Morgan fingerprint density at radius 3 is 2.46 bits per heavy atom. The van der Waals surface area contributed by atoms with E-state index < -0.39 is 5.97 Å². The normalized spacial score (nSPS) is 17.4. The number of amidine groups is 1. The number of carboxylic acids is 1. The first-order chi connectivity index (χ1) is 17.8. The Morgan fingerprint density at radius 1 is 1.03 bits per heavy atom. The molecule has 0 aliphatic carbocycles. The van der Waals surface area contributed by atoms with Gasteiger partial charge in [0.1, 0.15) is 0 Å². The number of thioether (sulfide) groups is 1. The molecule has 1 aliphatic rings. The Labute approximate surface area is 226 Å². The lowest BCUT2D eigenvalue weighted by atomic mass is 10.0. The van der Waals surface area contributed by atoms with Gasteiger partial charge in [-0.1, -0.05) is 72.3 Å². The fraction of sp³-hybridized carbons (Fsp3) is 0.100. The summed E-state index contributed by atoms with van der Waals surface area (Å²) in [5.74, 6) is -1.23. The highest BCUT2D eigenvalue weighted by Gasteiger charge is 2.31. The number of carboxylic acid groups (broad SMARTS) is 1. The molecule has 0 saturated carbocycles. The number of allylic oxidation sites excluding steroid dienone is 10. The molecule has 1 aliphatic heterocycles.